The molecule has 0 spiro atoms. The van der Waals surface area contributed by atoms with Gasteiger partial charge >= 0.3 is 0 Å². The molecule has 2 N–H and O–H groups in total. The average molecular weight is 130 g/mol. The van der Waals surface area contributed by atoms with E-state index in [2.05, 4.69) is 0 Å². The lowest BCUT2D eigenvalue weighted by Gasteiger charge is -2.11. The van der Waals surface area contributed by atoms with Crippen LogP contribution in [0, 0.1) is 5.92 Å². The van der Waals surface area contributed by atoms with Gasteiger partial charge in [0.2, 0.25) is 0 Å². The van der Waals surface area contributed by atoms with E-state index in [0.29, 0.717) is 0 Å². The molecule has 1 heterocycles. The third-order valence-corrected chi connectivity index (χ3v) is 2.22. The summed E-state index contributed by atoms with van der Waals surface area (Å²) in [6, 6.07) is 0. The molecular weight excluding hydrogens is 120 g/mol. The van der Waals surface area contributed by atoms with E-state index in [0.717, 1.165) is 0 Å². The number of aliphatic hydroxyl groups is 2. The van der Waals surface area contributed by atoms with Crippen LogP contribution >= 0.6 is 0 Å². The molecule has 1 aliphatic carbocycles. The minimum absolute atomic E-state index is 0.0139. The summed E-state index contributed by atoms with van der Waals surface area (Å²) in [6.45, 7) is 1.82. The lowest BCUT2D eigenvalue weighted by Crippen LogP contribution is -2.25. The summed E-state index contributed by atoms with van der Waals surface area (Å²) in [5, 5.41) is 18.1. The number of fused-ring (bicyclic) bond motifs is 1. The van der Waals surface area contributed by atoms with Gasteiger partial charge in [-0.1, -0.05) is 0 Å². The maximum absolute atomic E-state index is 9.19. The number of aliphatic hydroxyl groups excluding tert-OH is 2. The van der Waals surface area contributed by atoms with Crippen LogP contribution in [-0.4, -0.2) is 34.6 Å². The summed E-state index contributed by atoms with van der Waals surface area (Å²) < 4.78 is 5.16. The zero-order valence-electron chi connectivity index (χ0n) is 5.19. The first-order valence-electron chi connectivity index (χ1n) is 3.23. The van der Waals surface area contributed by atoms with Gasteiger partial charge in [-0.15, -0.1) is 0 Å². The van der Waals surface area contributed by atoms with Crippen molar-refractivity contribution in [3.63, 3.8) is 0 Å². The van der Waals surface area contributed by atoms with Gasteiger partial charge in [0.1, 0.15) is 0 Å². The van der Waals surface area contributed by atoms with Gasteiger partial charge in [-0.2, -0.15) is 0 Å². The average Bonchev–Trinajstić information content (AvgIpc) is 2.29. The Morgan fingerprint density at radius 3 is 2.22 bits per heavy atom. The van der Waals surface area contributed by atoms with Crippen molar-refractivity contribution in [1.29, 1.82) is 0 Å². The molecule has 0 aromatic heterocycles. The van der Waals surface area contributed by atoms with E-state index in [4.69, 9.17) is 9.84 Å². The van der Waals surface area contributed by atoms with E-state index in [1.165, 1.54) is 0 Å². The van der Waals surface area contributed by atoms with Gasteiger partial charge in [-0.25, -0.2) is 0 Å². The smallest absolute Gasteiger partial charge is 0.0923 e. The highest BCUT2D eigenvalue weighted by atomic mass is 16.5. The summed E-state index contributed by atoms with van der Waals surface area (Å²) in [4.78, 5) is 0. The monoisotopic (exact) mass is 130 g/mol. The van der Waals surface area contributed by atoms with E-state index in [-0.39, 0.29) is 18.1 Å². The number of ether oxygens (including phenoxy) is 1. The first-order chi connectivity index (χ1) is 4.22. The molecule has 0 amide bonds. The summed E-state index contributed by atoms with van der Waals surface area (Å²) >= 11 is 0. The standard InChI is InChI=1S/C6H10O3/c1-2-4(7)3-5(8)6(3)9-2/h2-8H,1H3. The number of hydrogen-bond donors (Lipinski definition) is 2. The molecule has 5 unspecified atom stereocenters. The molecule has 9 heavy (non-hydrogen) atoms. The first-order valence-corrected chi connectivity index (χ1v) is 3.23. The fourth-order valence-electron chi connectivity index (χ4n) is 1.50. The topological polar surface area (TPSA) is 49.7 Å². The fourth-order valence-corrected chi connectivity index (χ4v) is 1.50. The van der Waals surface area contributed by atoms with E-state index in [9.17, 15) is 5.11 Å². The van der Waals surface area contributed by atoms with Crippen molar-refractivity contribution in [3.05, 3.63) is 0 Å². The second-order valence-corrected chi connectivity index (χ2v) is 2.86. The minimum atomic E-state index is -0.440. The SMILES string of the molecule is CC1OC2C(O)C2C1O. The molecule has 5 atom stereocenters. The van der Waals surface area contributed by atoms with Crippen LogP contribution in [-0.2, 0) is 4.74 Å². The molecule has 2 aliphatic rings. The van der Waals surface area contributed by atoms with Crippen LogP contribution < -0.4 is 0 Å². The molecular formula is C6H10O3. The Morgan fingerprint density at radius 1 is 1.22 bits per heavy atom. The van der Waals surface area contributed by atoms with Gasteiger partial charge in [-0.3, -0.25) is 0 Å². The Balaban J connectivity index is 2.07. The molecule has 1 saturated heterocycles. The maximum Gasteiger partial charge on any atom is 0.0923 e. The maximum atomic E-state index is 9.19. The van der Waals surface area contributed by atoms with E-state index < -0.39 is 12.2 Å². The van der Waals surface area contributed by atoms with E-state index in [1.54, 1.807) is 0 Å². The summed E-state index contributed by atoms with van der Waals surface area (Å²) in [5.41, 5.74) is 0. The summed E-state index contributed by atoms with van der Waals surface area (Å²) in [6.07, 6.45) is -0.973. The van der Waals surface area contributed by atoms with Gasteiger partial charge in [0.25, 0.3) is 0 Å². The van der Waals surface area contributed by atoms with Crippen LogP contribution in [0.1, 0.15) is 6.92 Å². The van der Waals surface area contributed by atoms with Crippen molar-refractivity contribution in [3.8, 4) is 0 Å². The lowest BCUT2D eigenvalue weighted by molar-refractivity contribution is -0.0183. The number of rotatable bonds is 0. The second kappa shape index (κ2) is 1.48. The molecule has 3 nitrogen and oxygen atoms in total. The minimum Gasteiger partial charge on any atom is -0.390 e. The molecule has 3 heteroatoms. The van der Waals surface area contributed by atoms with Crippen LogP contribution in [0.25, 0.3) is 0 Å². The zero-order valence-corrected chi connectivity index (χ0v) is 5.19. The van der Waals surface area contributed by atoms with Gasteiger partial charge < -0.3 is 14.9 Å². The molecule has 52 valence electrons. The van der Waals surface area contributed by atoms with Crippen LogP contribution in [0.3, 0.4) is 0 Å². The fraction of sp³-hybridized carbons (Fsp3) is 1.00. The van der Waals surface area contributed by atoms with Crippen LogP contribution in [0.15, 0.2) is 0 Å². The number of hydrogen-bond acceptors (Lipinski definition) is 3. The highest BCUT2D eigenvalue weighted by molar-refractivity contribution is 5.09. The third kappa shape index (κ3) is 0.569. The normalized spacial score (nSPS) is 63.7. The predicted molar refractivity (Wildman–Crippen MR) is 29.8 cm³/mol. The van der Waals surface area contributed by atoms with Crippen molar-refractivity contribution in [2.45, 2.75) is 31.3 Å². The van der Waals surface area contributed by atoms with Gasteiger partial charge in [0.05, 0.1) is 24.4 Å². The lowest BCUT2D eigenvalue weighted by atomic mass is 10.2. The van der Waals surface area contributed by atoms with Crippen LogP contribution in [0.5, 0.6) is 0 Å². The summed E-state index contributed by atoms with van der Waals surface area (Å²) in [7, 11) is 0. The van der Waals surface area contributed by atoms with Crippen molar-refractivity contribution >= 4 is 0 Å². The van der Waals surface area contributed by atoms with Gasteiger partial charge in [0, 0.05) is 5.92 Å². The van der Waals surface area contributed by atoms with Gasteiger partial charge in [-0.05, 0) is 6.92 Å². The molecule has 2 rings (SSSR count). The van der Waals surface area contributed by atoms with Crippen LogP contribution in [0.2, 0.25) is 0 Å². The zero-order chi connectivity index (χ0) is 6.59. The Morgan fingerprint density at radius 2 is 1.89 bits per heavy atom. The molecule has 1 aliphatic heterocycles. The highest BCUT2D eigenvalue weighted by Gasteiger charge is 2.61. The van der Waals surface area contributed by atoms with E-state index in [1.807, 2.05) is 6.92 Å². The Labute approximate surface area is 53.3 Å². The Hall–Kier alpha value is -0.120. The first kappa shape index (κ1) is 5.65. The predicted octanol–water partition coefficient (Wildman–Crippen LogP) is -0.875. The quantitative estimate of drug-likeness (QED) is 0.448. The Kier molecular flexibility index (Phi) is 0.928. The van der Waals surface area contributed by atoms with Gasteiger partial charge in [0.15, 0.2) is 0 Å². The van der Waals surface area contributed by atoms with Crippen LogP contribution in [0.4, 0.5) is 0 Å². The molecule has 0 bridgehead atoms. The van der Waals surface area contributed by atoms with Crippen molar-refractivity contribution in [2.75, 3.05) is 0 Å². The van der Waals surface area contributed by atoms with Crippen molar-refractivity contribution in [1.82, 2.24) is 0 Å². The van der Waals surface area contributed by atoms with E-state index >= 15 is 0 Å². The molecule has 1 saturated carbocycles. The molecule has 0 aromatic carbocycles. The highest BCUT2D eigenvalue weighted by Crippen LogP contribution is 2.45. The third-order valence-electron chi connectivity index (χ3n) is 2.22. The Bertz CT molecular complexity index is 136. The largest absolute Gasteiger partial charge is 0.390 e. The van der Waals surface area contributed by atoms with Crippen molar-refractivity contribution in [2.24, 2.45) is 5.92 Å². The van der Waals surface area contributed by atoms with Crippen molar-refractivity contribution < 1.29 is 14.9 Å². The molecule has 0 radical (unpaired) electrons. The summed E-state index contributed by atoms with van der Waals surface area (Å²) in [5.74, 6) is 0.0139. The second-order valence-electron chi connectivity index (χ2n) is 2.86. The molecule has 2 fully saturated rings. The molecule has 0 aromatic rings.